The summed E-state index contributed by atoms with van der Waals surface area (Å²) in [6, 6.07) is 11.6. The van der Waals surface area contributed by atoms with Crippen LogP contribution < -0.4 is 4.74 Å². The first-order chi connectivity index (χ1) is 15.7. The fraction of sp³-hybridized carbons (Fsp3) is 0.190. The number of tetrazole rings is 1. The van der Waals surface area contributed by atoms with Crippen LogP contribution in [0.1, 0.15) is 16.8 Å². The second-order valence-electron chi connectivity index (χ2n) is 7.22. The van der Waals surface area contributed by atoms with Crippen molar-refractivity contribution >= 4 is 0 Å². The maximum Gasteiger partial charge on any atom is 0.261 e. The van der Waals surface area contributed by atoms with Crippen molar-refractivity contribution in [2.24, 2.45) is 7.05 Å². The van der Waals surface area contributed by atoms with E-state index < -0.39 is 0 Å². The van der Waals surface area contributed by atoms with E-state index in [0.717, 1.165) is 22.4 Å². The monoisotopic (exact) mass is 429 g/mol. The molecule has 0 N–H and O–H groups in total. The van der Waals surface area contributed by atoms with Crippen LogP contribution in [0.2, 0.25) is 0 Å². The average molecular weight is 429 g/mol. The van der Waals surface area contributed by atoms with Gasteiger partial charge in [-0.25, -0.2) is 9.67 Å². The standard InChI is InChI=1S/C21H19N9O2/c1-14-3-8-19(22-9-14)31-12-18-17(10-24-29(18)2)21-25-20(26-32-21)16-6-4-15(5-7-16)11-30-13-23-27-28-30/h3-10,13H,11-12H2,1-2H3. The van der Waals surface area contributed by atoms with Gasteiger partial charge in [0.1, 0.15) is 12.9 Å². The molecule has 5 rings (SSSR count). The quantitative estimate of drug-likeness (QED) is 0.384. The summed E-state index contributed by atoms with van der Waals surface area (Å²) in [7, 11) is 1.84. The van der Waals surface area contributed by atoms with E-state index >= 15 is 0 Å². The summed E-state index contributed by atoms with van der Waals surface area (Å²) in [5.41, 5.74) is 4.49. The van der Waals surface area contributed by atoms with E-state index in [4.69, 9.17) is 9.26 Å². The van der Waals surface area contributed by atoms with Crippen LogP contribution in [-0.2, 0) is 20.2 Å². The number of pyridine rings is 1. The molecule has 0 fully saturated rings. The highest BCUT2D eigenvalue weighted by molar-refractivity contribution is 5.61. The second-order valence-corrected chi connectivity index (χ2v) is 7.22. The van der Waals surface area contributed by atoms with Gasteiger partial charge in [-0.1, -0.05) is 35.5 Å². The minimum absolute atomic E-state index is 0.269. The summed E-state index contributed by atoms with van der Waals surface area (Å²) in [6.07, 6.45) is 5.02. The van der Waals surface area contributed by atoms with E-state index in [1.807, 2.05) is 50.4 Å². The minimum Gasteiger partial charge on any atom is -0.471 e. The molecular weight excluding hydrogens is 410 g/mol. The van der Waals surface area contributed by atoms with Gasteiger partial charge in [0, 0.05) is 24.9 Å². The number of rotatable bonds is 7. The number of hydrogen-bond donors (Lipinski definition) is 0. The number of hydrogen-bond acceptors (Lipinski definition) is 9. The molecule has 0 spiro atoms. The fourth-order valence-electron chi connectivity index (χ4n) is 3.14. The maximum atomic E-state index is 5.82. The molecule has 0 aliphatic heterocycles. The molecule has 1 aromatic carbocycles. The van der Waals surface area contributed by atoms with E-state index in [1.165, 1.54) is 0 Å². The van der Waals surface area contributed by atoms with Crippen LogP contribution >= 0.6 is 0 Å². The summed E-state index contributed by atoms with van der Waals surface area (Å²) in [6.45, 7) is 2.83. The van der Waals surface area contributed by atoms with Crippen molar-refractivity contribution in [1.29, 1.82) is 0 Å². The summed E-state index contributed by atoms with van der Waals surface area (Å²) in [5, 5.41) is 19.6. The van der Waals surface area contributed by atoms with Crippen LogP contribution in [-0.4, -0.2) is 45.1 Å². The van der Waals surface area contributed by atoms with Crippen LogP contribution in [0.25, 0.3) is 22.8 Å². The van der Waals surface area contributed by atoms with Gasteiger partial charge in [-0.3, -0.25) is 4.68 Å². The van der Waals surface area contributed by atoms with Gasteiger partial charge in [0.05, 0.1) is 24.0 Å². The highest BCUT2D eigenvalue weighted by Crippen LogP contribution is 2.26. The first-order valence-electron chi connectivity index (χ1n) is 9.86. The molecule has 0 saturated carbocycles. The molecule has 32 heavy (non-hydrogen) atoms. The van der Waals surface area contributed by atoms with Gasteiger partial charge in [-0.15, -0.1) is 5.10 Å². The molecule has 11 heteroatoms. The van der Waals surface area contributed by atoms with Gasteiger partial charge >= 0.3 is 0 Å². The van der Waals surface area contributed by atoms with Gasteiger partial charge in [-0.2, -0.15) is 10.1 Å². The highest BCUT2D eigenvalue weighted by Gasteiger charge is 2.18. The summed E-state index contributed by atoms with van der Waals surface area (Å²) in [4.78, 5) is 8.83. The molecule has 0 saturated heterocycles. The Hall–Kier alpha value is -4.41. The Morgan fingerprint density at radius 1 is 1.06 bits per heavy atom. The maximum absolute atomic E-state index is 5.82. The Morgan fingerprint density at radius 2 is 1.94 bits per heavy atom. The van der Waals surface area contributed by atoms with Gasteiger partial charge in [0.2, 0.25) is 11.7 Å². The van der Waals surface area contributed by atoms with E-state index in [9.17, 15) is 0 Å². The Balaban J connectivity index is 1.33. The molecule has 0 aliphatic carbocycles. The molecule has 0 atom stereocenters. The van der Waals surface area contributed by atoms with Crippen molar-refractivity contribution in [3.8, 4) is 28.7 Å². The topological polar surface area (TPSA) is 122 Å². The van der Waals surface area contributed by atoms with Gasteiger partial charge < -0.3 is 9.26 Å². The lowest BCUT2D eigenvalue weighted by Crippen LogP contribution is -2.05. The zero-order valence-electron chi connectivity index (χ0n) is 17.5. The highest BCUT2D eigenvalue weighted by atomic mass is 16.5. The first kappa shape index (κ1) is 19.5. The fourth-order valence-corrected chi connectivity index (χ4v) is 3.14. The van der Waals surface area contributed by atoms with Crippen molar-refractivity contribution in [2.45, 2.75) is 20.1 Å². The molecule has 5 aromatic rings. The van der Waals surface area contributed by atoms with Crippen molar-refractivity contribution in [3.63, 3.8) is 0 Å². The van der Waals surface area contributed by atoms with Crippen LogP contribution in [0.5, 0.6) is 5.88 Å². The van der Waals surface area contributed by atoms with E-state index in [1.54, 1.807) is 28.1 Å². The molecule has 0 amide bonds. The number of ether oxygens (including phenoxy) is 1. The van der Waals surface area contributed by atoms with Crippen LogP contribution in [0, 0.1) is 6.92 Å². The van der Waals surface area contributed by atoms with Crippen LogP contribution in [0.15, 0.2) is 59.6 Å². The van der Waals surface area contributed by atoms with E-state index in [-0.39, 0.29) is 6.61 Å². The Kier molecular flexibility index (Phi) is 5.12. The zero-order chi connectivity index (χ0) is 21.9. The molecule has 0 bridgehead atoms. The molecule has 4 heterocycles. The lowest BCUT2D eigenvalue weighted by molar-refractivity contribution is 0.283. The third-order valence-corrected chi connectivity index (χ3v) is 4.91. The van der Waals surface area contributed by atoms with Gasteiger partial charge in [0.15, 0.2) is 0 Å². The largest absolute Gasteiger partial charge is 0.471 e. The zero-order valence-corrected chi connectivity index (χ0v) is 17.5. The smallest absolute Gasteiger partial charge is 0.261 e. The molecule has 160 valence electrons. The SMILES string of the molecule is Cc1ccc(OCc2c(-c3nc(-c4ccc(Cn5cnnn5)cc4)no3)cnn2C)nc1. The average Bonchev–Trinajstić information content (AvgIpc) is 3.56. The van der Waals surface area contributed by atoms with Crippen LogP contribution in [0.4, 0.5) is 0 Å². The van der Waals surface area contributed by atoms with E-state index in [2.05, 4.69) is 35.7 Å². The number of aromatic nitrogens is 9. The Labute approximate surface area is 182 Å². The molecule has 0 aliphatic rings. The van der Waals surface area contributed by atoms with Crippen molar-refractivity contribution in [1.82, 2.24) is 45.1 Å². The van der Waals surface area contributed by atoms with Crippen LogP contribution in [0.3, 0.4) is 0 Å². The summed E-state index contributed by atoms with van der Waals surface area (Å²) in [5.74, 6) is 1.40. The molecule has 11 nitrogen and oxygen atoms in total. The second kappa shape index (κ2) is 8.38. The number of benzene rings is 1. The normalized spacial score (nSPS) is 11.1. The third-order valence-electron chi connectivity index (χ3n) is 4.91. The minimum atomic E-state index is 0.269. The summed E-state index contributed by atoms with van der Waals surface area (Å²) < 4.78 is 14.7. The van der Waals surface area contributed by atoms with Crippen molar-refractivity contribution < 1.29 is 9.26 Å². The lowest BCUT2D eigenvalue weighted by atomic mass is 10.1. The first-order valence-corrected chi connectivity index (χ1v) is 9.86. The van der Waals surface area contributed by atoms with Gasteiger partial charge in [0.25, 0.3) is 5.89 Å². The van der Waals surface area contributed by atoms with Crippen molar-refractivity contribution in [3.05, 3.63) is 71.9 Å². The van der Waals surface area contributed by atoms with Gasteiger partial charge in [-0.05, 0) is 28.5 Å². The molecule has 0 radical (unpaired) electrons. The number of nitrogens with zero attached hydrogens (tertiary/aromatic N) is 9. The third kappa shape index (κ3) is 4.08. The molecule has 0 unspecified atom stereocenters. The van der Waals surface area contributed by atoms with Crippen molar-refractivity contribution in [2.75, 3.05) is 0 Å². The molecule has 4 aromatic heterocycles. The number of aryl methyl sites for hydroxylation is 2. The lowest BCUT2D eigenvalue weighted by Gasteiger charge is -2.07. The molecular formula is C21H19N9O2. The van der Waals surface area contributed by atoms with E-state index in [0.29, 0.717) is 29.7 Å². The Bertz CT molecular complexity index is 1310. The predicted molar refractivity (Wildman–Crippen MR) is 112 cm³/mol. The predicted octanol–water partition coefficient (Wildman–Crippen LogP) is 2.45. The Morgan fingerprint density at radius 3 is 2.69 bits per heavy atom. The summed E-state index contributed by atoms with van der Waals surface area (Å²) >= 11 is 0.